The van der Waals surface area contributed by atoms with Crippen molar-refractivity contribution in [3.8, 4) is 0 Å². The van der Waals surface area contributed by atoms with Gasteiger partial charge in [0.25, 0.3) is 0 Å². The van der Waals surface area contributed by atoms with E-state index in [1.54, 1.807) is 11.3 Å². The fourth-order valence-corrected chi connectivity index (χ4v) is 3.50. The molecule has 2 fully saturated rings. The molecule has 2 amide bonds. The summed E-state index contributed by atoms with van der Waals surface area (Å²) in [6.07, 6.45) is 5.17. The maximum atomic E-state index is 12.2. The number of carbonyl (C=O) groups excluding carboxylic acids is 1. The summed E-state index contributed by atoms with van der Waals surface area (Å²) in [7, 11) is 0. The lowest BCUT2D eigenvalue weighted by molar-refractivity contribution is 0.109. The Hall–Kier alpha value is -1.34. The quantitative estimate of drug-likeness (QED) is 0.920. The van der Waals surface area contributed by atoms with Crippen LogP contribution >= 0.6 is 11.3 Å². The van der Waals surface area contributed by atoms with Crippen LogP contribution in [0.5, 0.6) is 0 Å². The van der Waals surface area contributed by atoms with E-state index in [-0.39, 0.29) is 12.1 Å². The molecule has 1 atom stereocenters. The minimum absolute atomic E-state index is 0.0338. The molecule has 0 aromatic carbocycles. The molecule has 3 heterocycles. The van der Waals surface area contributed by atoms with Crippen LogP contribution in [0.1, 0.15) is 19.3 Å². The largest absolute Gasteiger partial charge is 0.376 e. The van der Waals surface area contributed by atoms with Crippen molar-refractivity contribution in [2.24, 2.45) is 0 Å². The SMILES string of the molecule is O=C(NCC1CCCO1)N1CCCN(c2nccs2)CC1. The molecule has 3 rings (SSSR count). The Kier molecular flexibility index (Phi) is 4.92. The minimum Gasteiger partial charge on any atom is -0.376 e. The molecule has 0 spiro atoms. The first kappa shape index (κ1) is 14.6. The van der Waals surface area contributed by atoms with Gasteiger partial charge in [-0.3, -0.25) is 0 Å². The van der Waals surface area contributed by atoms with E-state index >= 15 is 0 Å². The predicted molar refractivity (Wildman–Crippen MR) is 82.9 cm³/mol. The molecule has 1 aromatic rings. The first-order valence-electron chi connectivity index (χ1n) is 7.62. The highest BCUT2D eigenvalue weighted by Gasteiger charge is 2.22. The maximum Gasteiger partial charge on any atom is 0.317 e. The lowest BCUT2D eigenvalue weighted by Gasteiger charge is -2.22. The molecule has 1 N–H and O–H groups in total. The van der Waals surface area contributed by atoms with Gasteiger partial charge in [-0.25, -0.2) is 9.78 Å². The van der Waals surface area contributed by atoms with Gasteiger partial charge in [0.1, 0.15) is 0 Å². The van der Waals surface area contributed by atoms with E-state index in [0.29, 0.717) is 6.54 Å². The van der Waals surface area contributed by atoms with Gasteiger partial charge in [-0.05, 0) is 19.3 Å². The molecule has 0 bridgehead atoms. The monoisotopic (exact) mass is 310 g/mol. The normalized spacial score (nSPS) is 23.1. The fourth-order valence-electron chi connectivity index (χ4n) is 2.80. The Balaban J connectivity index is 1.46. The molecule has 2 aliphatic rings. The van der Waals surface area contributed by atoms with Gasteiger partial charge < -0.3 is 19.9 Å². The van der Waals surface area contributed by atoms with Crippen molar-refractivity contribution in [3.05, 3.63) is 11.6 Å². The van der Waals surface area contributed by atoms with Crippen molar-refractivity contribution >= 4 is 22.5 Å². The van der Waals surface area contributed by atoms with Crippen molar-refractivity contribution in [3.63, 3.8) is 0 Å². The number of hydrogen-bond acceptors (Lipinski definition) is 5. The van der Waals surface area contributed by atoms with Gasteiger partial charge in [-0.2, -0.15) is 0 Å². The Labute approximate surface area is 129 Å². The second-order valence-corrected chi connectivity index (χ2v) is 6.34. The number of rotatable bonds is 3. The summed E-state index contributed by atoms with van der Waals surface area (Å²) in [5.74, 6) is 0. The van der Waals surface area contributed by atoms with Gasteiger partial charge in [0.15, 0.2) is 5.13 Å². The third kappa shape index (κ3) is 3.85. The molecule has 0 aliphatic carbocycles. The maximum absolute atomic E-state index is 12.2. The third-order valence-corrected chi connectivity index (χ3v) is 4.81. The second kappa shape index (κ2) is 7.09. The number of hydrogen-bond donors (Lipinski definition) is 1. The van der Waals surface area contributed by atoms with Crippen molar-refractivity contribution < 1.29 is 9.53 Å². The van der Waals surface area contributed by atoms with E-state index in [4.69, 9.17) is 4.74 Å². The molecule has 2 saturated heterocycles. The molecular formula is C14H22N4O2S. The number of nitrogens with zero attached hydrogens (tertiary/aromatic N) is 3. The highest BCUT2D eigenvalue weighted by molar-refractivity contribution is 7.13. The summed E-state index contributed by atoms with van der Waals surface area (Å²) < 4.78 is 5.53. The van der Waals surface area contributed by atoms with E-state index in [1.807, 2.05) is 16.5 Å². The first-order valence-corrected chi connectivity index (χ1v) is 8.50. The molecule has 116 valence electrons. The van der Waals surface area contributed by atoms with Gasteiger partial charge in [0, 0.05) is 50.9 Å². The van der Waals surface area contributed by atoms with E-state index in [0.717, 1.165) is 57.2 Å². The summed E-state index contributed by atoms with van der Waals surface area (Å²) in [6.45, 7) is 4.82. The zero-order chi connectivity index (χ0) is 14.5. The summed E-state index contributed by atoms with van der Waals surface area (Å²) >= 11 is 1.65. The predicted octanol–water partition coefficient (Wildman–Crippen LogP) is 1.54. The van der Waals surface area contributed by atoms with Crippen LogP contribution in [0.15, 0.2) is 11.6 Å². The summed E-state index contributed by atoms with van der Waals surface area (Å²) in [4.78, 5) is 20.7. The van der Waals surface area contributed by atoms with Crippen molar-refractivity contribution in [2.75, 3.05) is 44.2 Å². The highest BCUT2D eigenvalue weighted by Crippen LogP contribution is 2.19. The molecule has 1 aromatic heterocycles. The van der Waals surface area contributed by atoms with Crippen LogP contribution in [-0.4, -0.2) is 61.3 Å². The zero-order valence-electron chi connectivity index (χ0n) is 12.2. The molecule has 6 nitrogen and oxygen atoms in total. The lowest BCUT2D eigenvalue weighted by atomic mass is 10.2. The van der Waals surface area contributed by atoms with Crippen LogP contribution in [0.4, 0.5) is 9.93 Å². The van der Waals surface area contributed by atoms with Crippen LogP contribution in [0, 0.1) is 0 Å². The van der Waals surface area contributed by atoms with Gasteiger partial charge >= 0.3 is 6.03 Å². The van der Waals surface area contributed by atoms with Crippen LogP contribution in [0.25, 0.3) is 0 Å². The van der Waals surface area contributed by atoms with E-state index in [2.05, 4.69) is 15.2 Å². The average molecular weight is 310 g/mol. The highest BCUT2D eigenvalue weighted by atomic mass is 32.1. The van der Waals surface area contributed by atoms with Gasteiger partial charge in [-0.1, -0.05) is 0 Å². The smallest absolute Gasteiger partial charge is 0.317 e. The molecule has 2 aliphatic heterocycles. The van der Waals surface area contributed by atoms with Gasteiger partial charge in [0.2, 0.25) is 0 Å². The Morgan fingerprint density at radius 3 is 3.10 bits per heavy atom. The number of aromatic nitrogens is 1. The Morgan fingerprint density at radius 2 is 2.33 bits per heavy atom. The topological polar surface area (TPSA) is 57.7 Å². The van der Waals surface area contributed by atoms with E-state index in [1.165, 1.54) is 0 Å². The number of amides is 2. The first-order chi connectivity index (χ1) is 10.3. The molecule has 0 radical (unpaired) electrons. The van der Waals surface area contributed by atoms with Crippen LogP contribution in [0.3, 0.4) is 0 Å². The molecule has 7 heteroatoms. The van der Waals surface area contributed by atoms with E-state index in [9.17, 15) is 4.79 Å². The van der Waals surface area contributed by atoms with Gasteiger partial charge in [0.05, 0.1) is 6.10 Å². The molecular weight excluding hydrogens is 288 g/mol. The molecule has 0 saturated carbocycles. The Morgan fingerprint density at radius 1 is 1.38 bits per heavy atom. The van der Waals surface area contributed by atoms with Crippen molar-refractivity contribution in [1.82, 2.24) is 15.2 Å². The van der Waals surface area contributed by atoms with Crippen molar-refractivity contribution in [1.29, 1.82) is 0 Å². The number of carbonyl (C=O) groups is 1. The summed E-state index contributed by atoms with van der Waals surface area (Å²) in [6, 6.07) is 0.0338. The number of anilines is 1. The molecule has 21 heavy (non-hydrogen) atoms. The lowest BCUT2D eigenvalue weighted by Crippen LogP contribution is -2.44. The Bertz CT molecular complexity index is 448. The van der Waals surface area contributed by atoms with E-state index < -0.39 is 0 Å². The van der Waals surface area contributed by atoms with Crippen LogP contribution in [-0.2, 0) is 4.74 Å². The third-order valence-electron chi connectivity index (χ3n) is 3.98. The summed E-state index contributed by atoms with van der Waals surface area (Å²) in [5.41, 5.74) is 0. The average Bonchev–Trinajstić information content (AvgIpc) is 3.15. The number of ether oxygens (including phenoxy) is 1. The van der Waals surface area contributed by atoms with Gasteiger partial charge in [-0.15, -0.1) is 11.3 Å². The number of nitrogens with one attached hydrogen (secondary N) is 1. The molecule has 1 unspecified atom stereocenters. The second-order valence-electron chi connectivity index (χ2n) is 5.46. The fraction of sp³-hybridized carbons (Fsp3) is 0.714. The van der Waals surface area contributed by atoms with Crippen molar-refractivity contribution in [2.45, 2.75) is 25.4 Å². The number of urea groups is 1. The number of thiazole rings is 1. The summed E-state index contributed by atoms with van der Waals surface area (Å²) in [5, 5.41) is 6.05. The minimum atomic E-state index is 0.0338. The standard InChI is InChI=1S/C14H22N4O2S/c19-13(16-11-12-3-1-9-20-12)17-5-2-6-18(8-7-17)14-15-4-10-21-14/h4,10,12H,1-3,5-9,11H2,(H,16,19). The van der Waals surface area contributed by atoms with Crippen LogP contribution in [0.2, 0.25) is 0 Å². The zero-order valence-corrected chi connectivity index (χ0v) is 13.0. The van der Waals surface area contributed by atoms with Crippen LogP contribution < -0.4 is 10.2 Å².